The summed E-state index contributed by atoms with van der Waals surface area (Å²) in [5.74, 6) is -3.83. The number of amides is 5. The van der Waals surface area contributed by atoms with Crippen LogP contribution in [0.4, 0.5) is 13.2 Å². The van der Waals surface area contributed by atoms with E-state index in [1.54, 1.807) is 122 Å². The van der Waals surface area contributed by atoms with Crippen LogP contribution in [0.25, 0.3) is 65.4 Å². The predicted octanol–water partition coefficient (Wildman–Crippen LogP) is 6.51. The van der Waals surface area contributed by atoms with Crippen molar-refractivity contribution in [1.82, 2.24) is 60.8 Å². The summed E-state index contributed by atoms with van der Waals surface area (Å²) in [5, 5.41) is 59.0. The van der Waals surface area contributed by atoms with Gasteiger partial charge >= 0.3 is 103 Å². The quantitative estimate of drug-likeness (QED) is 0.0196. The summed E-state index contributed by atoms with van der Waals surface area (Å²) in [7, 11) is 0. The van der Waals surface area contributed by atoms with Gasteiger partial charge in [0, 0.05) is 194 Å². The second-order valence-electron chi connectivity index (χ2n) is 25.2. The van der Waals surface area contributed by atoms with E-state index < -0.39 is 41.1 Å². The molecule has 6 aromatic carbocycles. The van der Waals surface area contributed by atoms with Crippen LogP contribution in [0.2, 0.25) is 15.1 Å². The number of rotatable bonds is 18. The van der Waals surface area contributed by atoms with Gasteiger partial charge in [0.1, 0.15) is 41.7 Å². The second-order valence-corrected chi connectivity index (χ2v) is 26.5. The summed E-state index contributed by atoms with van der Waals surface area (Å²) in [6.07, 6.45) is 14.4. The van der Waals surface area contributed by atoms with Crippen LogP contribution in [0.3, 0.4) is 0 Å². The van der Waals surface area contributed by atoms with Gasteiger partial charge < -0.3 is 53.9 Å². The molecule has 10 N–H and O–H groups in total. The first-order valence-electron chi connectivity index (χ1n) is 33.8. The Bertz CT molecular complexity index is 6350. The van der Waals surface area contributed by atoms with Crippen LogP contribution >= 0.6 is 34.8 Å². The van der Waals surface area contributed by atoms with Crippen LogP contribution in [0.1, 0.15) is 126 Å². The molecule has 0 aliphatic heterocycles. The molecule has 0 fully saturated rings. The number of nitrogens with two attached hydrogens (primary N) is 2. The monoisotopic (exact) mass is 1660 g/mol. The molecule has 0 saturated carbocycles. The number of carbonyl (C=O) groups is 6. The number of benzene rings is 6. The number of carbonyl (C=O) groups excluding carboxylic acids is 6. The smallest absolute Gasteiger partial charge is 1.00 e. The minimum atomic E-state index is -0.642. The first kappa shape index (κ1) is 86.7. The minimum absolute atomic E-state index is 0. The molecule has 9 heterocycles. The Morgan fingerprint density at radius 3 is 1.07 bits per heavy atom. The van der Waals surface area contributed by atoms with Gasteiger partial charge in [-0.15, -0.1) is 0 Å². The van der Waals surface area contributed by atoms with E-state index in [0.29, 0.717) is 184 Å². The summed E-state index contributed by atoms with van der Waals surface area (Å²) in [4.78, 5) is 108. The van der Waals surface area contributed by atoms with Crippen molar-refractivity contribution in [2.24, 2.45) is 11.5 Å². The summed E-state index contributed by atoms with van der Waals surface area (Å²) in [5.41, 5.74) is 22.1. The average molecular weight is 1660 g/mol. The molecule has 0 radical (unpaired) electrons. The molecule has 0 atom stereocenters. The maximum absolute atomic E-state index is 14.5. The largest absolute Gasteiger partial charge is 1.00 e. The average Bonchev–Trinajstić information content (AvgIpc) is 1.76. The van der Waals surface area contributed by atoms with Gasteiger partial charge in [0.2, 0.25) is 0 Å². The molecule has 15 rings (SSSR count). The van der Waals surface area contributed by atoms with Gasteiger partial charge in [-0.1, -0.05) is 34.8 Å². The molecule has 26 nitrogen and oxygen atoms in total. The van der Waals surface area contributed by atoms with Crippen LogP contribution in [-0.4, -0.2) is 80.9 Å². The molecule has 9 aromatic heterocycles. The van der Waals surface area contributed by atoms with E-state index >= 15 is 0 Å². The number of fused-ring (bicyclic) bond motifs is 6. The van der Waals surface area contributed by atoms with Gasteiger partial charge in [-0.2, -0.15) is 21.0 Å². The fraction of sp³-hybridized carbons (Fsp3) is 0.0732. The number of hydrogen-bond acceptors (Lipinski definition) is 18. The molecule has 0 saturated heterocycles. The minimum Gasteiger partial charge on any atom is -1.00 e. The third kappa shape index (κ3) is 20.9. The number of hydrogen-bond donors (Lipinski definition) is 8. The molecule has 15 aromatic rings. The van der Waals surface area contributed by atoms with E-state index in [-0.39, 0.29) is 147 Å². The molecule has 34 heteroatoms. The van der Waals surface area contributed by atoms with Gasteiger partial charge in [0.15, 0.2) is 0 Å². The Kier molecular flexibility index (Phi) is 29.6. The number of H-pyrrole nitrogens is 3. The third-order valence-electron chi connectivity index (χ3n) is 17.7. The van der Waals surface area contributed by atoms with Crippen molar-refractivity contribution in [2.75, 3.05) is 0 Å². The topological polar surface area (TPSA) is 443 Å². The molecule has 116 heavy (non-hydrogen) atoms. The SMILES string of the molecule is N#Cc1cnc2c(C#N)cc(Cc3cc(C(=O)NCc4cc5c(Cl)c[nH]c5cc4F)ccn3)cc2c1.N#Cc1cnc2c(C(N)=O)cc(Cc3cc(C(=O)NCc4cc5c(Cl)c[nH]c5cc4F)ccn3)cc2c1.N#Cc1cnc2c(C(N)=O)cc(Cc3cc(C(=O)NCc4cc5c(Cl)c[nH]c5cc4F)ccn3)cc2c1.O=CO[O-].[H-].[K+].[K+]. The molecule has 5 amide bonds. The maximum Gasteiger partial charge on any atom is 1.00 e. The normalized spacial score (nSPS) is 10.5. The number of halogens is 6. The van der Waals surface area contributed by atoms with Crippen molar-refractivity contribution in [3.63, 3.8) is 0 Å². The van der Waals surface area contributed by atoms with Crippen LogP contribution in [0.5, 0.6) is 0 Å². The van der Waals surface area contributed by atoms with Gasteiger partial charge in [-0.3, -0.25) is 58.7 Å². The van der Waals surface area contributed by atoms with Crippen molar-refractivity contribution >= 4 is 136 Å². The van der Waals surface area contributed by atoms with Crippen molar-refractivity contribution < 1.29 is 156 Å². The van der Waals surface area contributed by atoms with Crippen molar-refractivity contribution in [2.45, 2.75) is 38.9 Å². The number of pyridine rings is 6. The zero-order valence-electron chi connectivity index (χ0n) is 61.8. The summed E-state index contributed by atoms with van der Waals surface area (Å²) < 4.78 is 43.4. The Morgan fingerprint density at radius 2 is 0.767 bits per heavy atom. The van der Waals surface area contributed by atoms with Crippen LogP contribution < -0.4 is 135 Å². The standard InChI is InChI=1S/2C27H18ClFN6O2.C27H16ClFN6O.CH2O3.2K.H/c2*28-22-13-33-24-9-23(29)18(8-20(22)24)12-35-27(37)16-1-2-32-19(7-16)5-14-3-17-4-15(10-30)11-34-25(17)21(6-14)26(31)36;28-23-14-33-25-9-24(29)20(8-22(23)25)13-35-27(36)17-1-2-32-21(7-17)6-15-3-18-5-16(10-30)12-34-26(18)19(4-15)11-31;2-1-4-3;;;/h2*1-4,6-9,11,13,33H,5,12H2,(H2,31,36)(H,35,37);1-5,7-9,12,14,33H,6,13H2,(H,35,36);1,3H;;;/q;;;;2*+1;-1/p-1. The predicted molar refractivity (Wildman–Crippen MR) is 414 cm³/mol. The molecule has 0 aliphatic rings. The first-order chi connectivity index (χ1) is 55.0. The number of nitrogens with one attached hydrogen (secondary N) is 6. The van der Waals surface area contributed by atoms with E-state index in [1.807, 2.05) is 24.3 Å². The van der Waals surface area contributed by atoms with E-state index in [2.05, 4.69) is 71.8 Å². The van der Waals surface area contributed by atoms with E-state index in [0.717, 1.165) is 5.56 Å². The number of nitrogens with zero attached hydrogens (tertiary/aromatic N) is 10. The molecular formula is C82H54Cl3F3K2N18O8. The fourth-order valence-corrected chi connectivity index (χ4v) is 13.0. The Labute approximate surface area is 756 Å². The summed E-state index contributed by atoms with van der Waals surface area (Å²) >= 11 is 18.4. The van der Waals surface area contributed by atoms with Crippen molar-refractivity contribution in [3.8, 4) is 24.3 Å². The van der Waals surface area contributed by atoms with Gasteiger partial charge in [0.05, 0.1) is 65.0 Å². The van der Waals surface area contributed by atoms with Crippen LogP contribution in [0, 0.1) is 62.8 Å². The number of aromatic amines is 3. The fourth-order valence-electron chi connectivity index (χ4n) is 12.4. The van der Waals surface area contributed by atoms with E-state index in [1.165, 1.54) is 55.4 Å². The zero-order valence-corrected chi connectivity index (χ0v) is 69.3. The molecule has 0 aliphatic carbocycles. The zero-order chi connectivity index (χ0) is 80.9. The summed E-state index contributed by atoms with van der Waals surface area (Å²) in [6.45, 7) is -0.245. The van der Waals surface area contributed by atoms with Crippen molar-refractivity contribution in [3.05, 3.63) is 316 Å². The molecule has 0 spiro atoms. The molecular weight excluding hydrogens is 1610 g/mol. The second kappa shape index (κ2) is 39.6. The van der Waals surface area contributed by atoms with Crippen LogP contribution in [-0.2, 0) is 48.6 Å². The molecule has 0 bridgehead atoms. The van der Waals surface area contributed by atoms with Gasteiger partial charge in [0.25, 0.3) is 36.0 Å². The summed E-state index contributed by atoms with van der Waals surface area (Å²) in [6, 6.07) is 42.0. The number of nitriles is 4. The number of aromatic nitrogens is 9. The van der Waals surface area contributed by atoms with Crippen LogP contribution in [0.15, 0.2) is 183 Å². The first-order valence-corrected chi connectivity index (χ1v) is 34.9. The molecule has 564 valence electrons. The van der Waals surface area contributed by atoms with Gasteiger partial charge in [-0.25, -0.2) is 13.2 Å². The Morgan fingerprint density at radius 1 is 0.457 bits per heavy atom. The molecule has 0 unspecified atom stereocenters. The Hall–Kier alpha value is -11.7. The maximum atomic E-state index is 14.5. The Balaban J connectivity index is 0.000000193. The van der Waals surface area contributed by atoms with E-state index in [9.17, 15) is 52.9 Å². The van der Waals surface area contributed by atoms with Gasteiger partial charge in [-0.05, 0) is 144 Å². The van der Waals surface area contributed by atoms with E-state index in [4.69, 9.17) is 61.6 Å². The van der Waals surface area contributed by atoms with Crippen molar-refractivity contribution in [1.29, 1.82) is 21.0 Å². The third-order valence-corrected chi connectivity index (χ3v) is 18.6. The number of primary amides is 2.